The number of fused-ring (bicyclic) bond motifs is 2. The molecule has 2 saturated carbocycles. The van der Waals surface area contributed by atoms with Gasteiger partial charge >= 0.3 is 0 Å². The van der Waals surface area contributed by atoms with Crippen LogP contribution in [0.3, 0.4) is 0 Å². The molecule has 0 amide bonds. The lowest BCUT2D eigenvalue weighted by Gasteiger charge is -2.32. The summed E-state index contributed by atoms with van der Waals surface area (Å²) in [5, 5.41) is 19.7. The highest BCUT2D eigenvalue weighted by molar-refractivity contribution is 5.26. The van der Waals surface area contributed by atoms with Crippen molar-refractivity contribution in [3.8, 4) is 0 Å². The van der Waals surface area contributed by atoms with Gasteiger partial charge in [-0.2, -0.15) is 0 Å². The van der Waals surface area contributed by atoms with E-state index in [1.807, 2.05) is 0 Å². The third-order valence-corrected chi connectivity index (χ3v) is 3.05. The van der Waals surface area contributed by atoms with Crippen molar-refractivity contribution in [1.29, 1.82) is 0 Å². The molecule has 0 spiro atoms. The van der Waals surface area contributed by atoms with E-state index in [9.17, 15) is 10.2 Å². The molecule has 2 aliphatic rings. The van der Waals surface area contributed by atoms with E-state index >= 15 is 0 Å². The second kappa shape index (κ2) is 1.87. The molecule has 62 valence electrons. The fourth-order valence-electron chi connectivity index (χ4n) is 2.45. The van der Waals surface area contributed by atoms with Crippen LogP contribution in [0.4, 0.5) is 0 Å². The molecule has 2 heteroatoms. The van der Waals surface area contributed by atoms with Crippen molar-refractivity contribution in [3.05, 3.63) is 12.2 Å². The molecular formula is C9H14O2. The molecule has 2 nitrogen and oxygen atoms in total. The maximum atomic E-state index is 9.90. The van der Waals surface area contributed by atoms with Crippen LogP contribution in [0.15, 0.2) is 12.2 Å². The van der Waals surface area contributed by atoms with Crippen LogP contribution < -0.4 is 0 Å². The van der Waals surface area contributed by atoms with Gasteiger partial charge in [-0.3, -0.25) is 0 Å². The largest absolute Gasteiger partial charge is 0.389 e. The number of rotatable bonds is 0. The normalized spacial score (nSPS) is 49.8. The molecule has 0 unspecified atom stereocenters. The highest BCUT2D eigenvalue weighted by atomic mass is 16.3. The third-order valence-electron chi connectivity index (χ3n) is 3.05. The highest BCUT2D eigenvalue weighted by Gasteiger charge is 2.51. The molecule has 2 fully saturated rings. The summed E-state index contributed by atoms with van der Waals surface area (Å²) in [4.78, 5) is 0. The Morgan fingerprint density at radius 3 is 2.55 bits per heavy atom. The summed E-state index contributed by atoms with van der Waals surface area (Å²) in [7, 11) is 0. The van der Waals surface area contributed by atoms with E-state index in [1.54, 1.807) is 0 Å². The second-order valence-corrected chi connectivity index (χ2v) is 4.07. The average molecular weight is 154 g/mol. The van der Waals surface area contributed by atoms with Crippen molar-refractivity contribution in [2.45, 2.75) is 43.3 Å². The summed E-state index contributed by atoms with van der Waals surface area (Å²) in [6, 6.07) is 0. The summed E-state index contributed by atoms with van der Waals surface area (Å²) in [6.07, 6.45) is 3.65. The van der Waals surface area contributed by atoms with E-state index in [0.717, 1.165) is 24.8 Å². The van der Waals surface area contributed by atoms with Crippen molar-refractivity contribution >= 4 is 0 Å². The Morgan fingerprint density at radius 2 is 2.00 bits per heavy atom. The highest BCUT2D eigenvalue weighted by Crippen LogP contribution is 2.50. The molecule has 0 aromatic carbocycles. The van der Waals surface area contributed by atoms with Gasteiger partial charge in [0.2, 0.25) is 0 Å². The lowest BCUT2D eigenvalue weighted by molar-refractivity contribution is -0.0397. The van der Waals surface area contributed by atoms with Crippen LogP contribution >= 0.6 is 0 Å². The Bertz CT molecular complexity index is 212. The topological polar surface area (TPSA) is 40.5 Å². The van der Waals surface area contributed by atoms with E-state index in [1.165, 1.54) is 0 Å². The molecule has 2 atom stereocenters. The smallest absolute Gasteiger partial charge is 0.0882 e. The first kappa shape index (κ1) is 7.32. The molecule has 2 N–H and O–H groups in total. The minimum atomic E-state index is -0.729. The lowest BCUT2D eigenvalue weighted by Crippen LogP contribution is -2.36. The van der Waals surface area contributed by atoms with E-state index < -0.39 is 11.2 Å². The maximum absolute atomic E-state index is 9.90. The fraction of sp³-hybridized carbons (Fsp3) is 0.778. The number of hydrogen-bond donors (Lipinski definition) is 2. The van der Waals surface area contributed by atoms with E-state index in [2.05, 4.69) is 6.58 Å². The number of hydrogen-bond acceptors (Lipinski definition) is 2. The molecule has 0 radical (unpaired) electrons. The van der Waals surface area contributed by atoms with Crippen molar-refractivity contribution in [2.24, 2.45) is 0 Å². The van der Waals surface area contributed by atoms with Crippen LogP contribution in [0.2, 0.25) is 0 Å². The van der Waals surface area contributed by atoms with Gasteiger partial charge in [0.1, 0.15) is 0 Å². The summed E-state index contributed by atoms with van der Waals surface area (Å²) in [5.41, 5.74) is -0.519. The standard InChI is InChI=1S/C9H14O2/c1-7-5-8(10)3-2-4-9(7,11)6-8/h10-11H,1-6H2/t8-,9-/m1/s1. The minimum absolute atomic E-state index is 0.513. The summed E-state index contributed by atoms with van der Waals surface area (Å²) >= 11 is 0. The van der Waals surface area contributed by atoms with Gasteiger partial charge in [-0.25, -0.2) is 0 Å². The zero-order valence-corrected chi connectivity index (χ0v) is 6.64. The van der Waals surface area contributed by atoms with Crippen LogP contribution in [0, 0.1) is 0 Å². The molecule has 0 heterocycles. The summed E-state index contributed by atoms with van der Waals surface area (Å²) < 4.78 is 0. The number of aliphatic hydroxyl groups is 2. The summed E-state index contributed by atoms with van der Waals surface area (Å²) in [6.45, 7) is 3.80. The van der Waals surface area contributed by atoms with Crippen LogP contribution in [0.1, 0.15) is 32.1 Å². The van der Waals surface area contributed by atoms with E-state index in [0.29, 0.717) is 12.8 Å². The van der Waals surface area contributed by atoms with Crippen LogP contribution in [0.25, 0.3) is 0 Å². The van der Waals surface area contributed by atoms with Gasteiger partial charge in [0.05, 0.1) is 11.2 Å². The van der Waals surface area contributed by atoms with Gasteiger partial charge in [0.15, 0.2) is 0 Å². The third kappa shape index (κ3) is 0.932. The molecule has 0 aromatic heterocycles. The van der Waals surface area contributed by atoms with Gasteiger partial charge < -0.3 is 10.2 Å². The molecule has 2 aliphatic carbocycles. The predicted octanol–water partition coefficient (Wildman–Crippen LogP) is 0.982. The van der Waals surface area contributed by atoms with Gasteiger partial charge in [-0.05, 0) is 31.3 Å². The predicted molar refractivity (Wildman–Crippen MR) is 42.1 cm³/mol. The first-order valence-corrected chi connectivity index (χ1v) is 4.17. The Labute approximate surface area is 66.5 Å². The molecule has 0 saturated heterocycles. The SMILES string of the molecule is C=C1C[C@]2(O)CCC[C@@]1(O)C2. The molecule has 2 rings (SSSR count). The fourth-order valence-corrected chi connectivity index (χ4v) is 2.45. The van der Waals surface area contributed by atoms with Gasteiger partial charge in [-0.15, -0.1) is 0 Å². The monoisotopic (exact) mass is 154 g/mol. The van der Waals surface area contributed by atoms with Crippen molar-refractivity contribution in [2.75, 3.05) is 0 Å². The van der Waals surface area contributed by atoms with Gasteiger partial charge in [-0.1, -0.05) is 6.58 Å². The first-order chi connectivity index (χ1) is 5.04. The van der Waals surface area contributed by atoms with Crippen LogP contribution in [-0.4, -0.2) is 21.4 Å². The Balaban J connectivity index is 2.33. The van der Waals surface area contributed by atoms with E-state index in [4.69, 9.17) is 0 Å². The zero-order chi connectivity index (χ0) is 8.11. The van der Waals surface area contributed by atoms with Crippen LogP contribution in [-0.2, 0) is 0 Å². The molecule has 2 bridgehead atoms. The second-order valence-electron chi connectivity index (χ2n) is 4.07. The zero-order valence-electron chi connectivity index (χ0n) is 6.64. The van der Waals surface area contributed by atoms with Gasteiger partial charge in [0, 0.05) is 6.42 Å². The Kier molecular flexibility index (Phi) is 1.25. The van der Waals surface area contributed by atoms with Crippen molar-refractivity contribution < 1.29 is 10.2 Å². The summed E-state index contributed by atoms with van der Waals surface area (Å²) in [5.74, 6) is 0. The van der Waals surface area contributed by atoms with Crippen molar-refractivity contribution in [1.82, 2.24) is 0 Å². The van der Waals surface area contributed by atoms with Gasteiger partial charge in [0.25, 0.3) is 0 Å². The maximum Gasteiger partial charge on any atom is 0.0882 e. The molecule has 0 aromatic rings. The Morgan fingerprint density at radius 1 is 1.27 bits per heavy atom. The van der Waals surface area contributed by atoms with Crippen LogP contribution in [0.5, 0.6) is 0 Å². The van der Waals surface area contributed by atoms with E-state index in [-0.39, 0.29) is 0 Å². The quantitative estimate of drug-likeness (QED) is 0.511. The minimum Gasteiger partial charge on any atom is -0.389 e. The average Bonchev–Trinajstić information content (AvgIpc) is 1.99. The van der Waals surface area contributed by atoms with Crippen molar-refractivity contribution in [3.63, 3.8) is 0 Å². The molecule has 11 heavy (non-hydrogen) atoms. The lowest BCUT2D eigenvalue weighted by atomic mass is 9.82. The Hall–Kier alpha value is -0.340. The molecule has 0 aliphatic heterocycles. The first-order valence-electron chi connectivity index (χ1n) is 4.17. The molecular weight excluding hydrogens is 140 g/mol.